The van der Waals surface area contributed by atoms with Crippen molar-refractivity contribution in [2.24, 2.45) is 0 Å². The second-order valence-corrected chi connectivity index (χ2v) is 15.1. The molecule has 1 fully saturated rings. The summed E-state index contributed by atoms with van der Waals surface area (Å²) >= 11 is 7.87. The number of rotatable bonds is 15. The molecule has 1 N–H and O–H groups in total. The molecule has 0 aliphatic heterocycles. The fourth-order valence-electron chi connectivity index (χ4n) is 6.08. The zero-order chi connectivity index (χ0) is 34.8. The highest BCUT2D eigenvalue weighted by molar-refractivity contribution is 7.98. The predicted octanol–water partition coefficient (Wildman–Crippen LogP) is 7.35. The number of nitrogens with one attached hydrogen (secondary N) is 1. The standard InChI is InChI=1S/C38H42ClN3O5S2/c1-3-47-36-19-10-9-18-34(36)42(49(45,46)33-22-20-32(48-2)21-23-33)27-37(43)41(26-29-14-11-15-30(39)24-29)35(25-28-12-5-4-6-13-28)38(44)40-31-16-7-8-17-31/h4-6,9-15,18-24,31,35H,3,7-8,16-17,25-27H2,1-2H3,(H,40,44). The van der Waals surface area contributed by atoms with Crippen LogP contribution in [0.4, 0.5) is 5.69 Å². The van der Waals surface area contributed by atoms with Crippen LogP contribution in [-0.4, -0.2) is 56.6 Å². The summed E-state index contributed by atoms with van der Waals surface area (Å²) < 4.78 is 35.9. The van der Waals surface area contributed by atoms with Gasteiger partial charge in [0.1, 0.15) is 18.3 Å². The van der Waals surface area contributed by atoms with E-state index in [0.29, 0.717) is 22.9 Å². The minimum atomic E-state index is -4.28. The number of benzene rings is 4. The van der Waals surface area contributed by atoms with E-state index in [1.807, 2.05) is 49.6 Å². The van der Waals surface area contributed by atoms with Crippen LogP contribution in [0.25, 0.3) is 0 Å². The molecule has 11 heteroatoms. The molecule has 0 bridgehead atoms. The van der Waals surface area contributed by atoms with E-state index in [1.54, 1.807) is 66.7 Å². The van der Waals surface area contributed by atoms with E-state index in [4.69, 9.17) is 16.3 Å². The molecule has 49 heavy (non-hydrogen) atoms. The Morgan fingerprint density at radius 1 is 0.918 bits per heavy atom. The quantitative estimate of drug-likeness (QED) is 0.129. The van der Waals surface area contributed by atoms with Crippen molar-refractivity contribution >= 4 is 50.9 Å². The van der Waals surface area contributed by atoms with E-state index < -0.39 is 28.5 Å². The van der Waals surface area contributed by atoms with E-state index in [-0.39, 0.29) is 35.5 Å². The van der Waals surface area contributed by atoms with Crippen molar-refractivity contribution in [1.82, 2.24) is 10.2 Å². The molecule has 1 saturated carbocycles. The molecule has 0 aromatic heterocycles. The number of hydrogen-bond acceptors (Lipinski definition) is 6. The van der Waals surface area contributed by atoms with Gasteiger partial charge in [-0.05, 0) is 85.7 Å². The van der Waals surface area contributed by atoms with Crippen LogP contribution >= 0.6 is 23.4 Å². The predicted molar refractivity (Wildman–Crippen MR) is 197 cm³/mol. The first-order valence-corrected chi connectivity index (χ1v) is 19.5. The van der Waals surface area contributed by atoms with Crippen LogP contribution in [0.3, 0.4) is 0 Å². The van der Waals surface area contributed by atoms with Crippen molar-refractivity contribution < 1.29 is 22.7 Å². The Kier molecular flexibility index (Phi) is 12.7. The molecule has 0 radical (unpaired) electrons. The summed E-state index contributed by atoms with van der Waals surface area (Å²) in [4.78, 5) is 31.4. The highest BCUT2D eigenvalue weighted by atomic mass is 35.5. The molecule has 1 unspecified atom stereocenters. The van der Waals surface area contributed by atoms with Crippen molar-refractivity contribution in [2.45, 2.75) is 67.4 Å². The molecule has 0 spiro atoms. The van der Waals surface area contributed by atoms with Gasteiger partial charge in [-0.1, -0.05) is 79.0 Å². The number of amides is 2. The van der Waals surface area contributed by atoms with Gasteiger partial charge in [0, 0.05) is 28.9 Å². The topological polar surface area (TPSA) is 96.0 Å². The zero-order valence-corrected chi connectivity index (χ0v) is 30.1. The summed E-state index contributed by atoms with van der Waals surface area (Å²) in [5.74, 6) is -0.496. The minimum Gasteiger partial charge on any atom is -0.492 e. The highest BCUT2D eigenvalue weighted by Gasteiger charge is 2.36. The third-order valence-electron chi connectivity index (χ3n) is 8.57. The van der Waals surface area contributed by atoms with Gasteiger partial charge in [-0.25, -0.2) is 8.42 Å². The van der Waals surface area contributed by atoms with E-state index in [9.17, 15) is 18.0 Å². The number of anilines is 1. The summed E-state index contributed by atoms with van der Waals surface area (Å²) in [5.41, 5.74) is 1.81. The van der Waals surface area contributed by atoms with Crippen LogP contribution in [0, 0.1) is 0 Å². The van der Waals surface area contributed by atoms with Crippen molar-refractivity contribution in [3.8, 4) is 5.75 Å². The fraction of sp³-hybridized carbons (Fsp3) is 0.316. The molecule has 0 saturated heterocycles. The maximum absolute atomic E-state index is 14.8. The maximum Gasteiger partial charge on any atom is 0.264 e. The Hall–Kier alpha value is -3.99. The van der Waals surface area contributed by atoms with Gasteiger partial charge in [-0.3, -0.25) is 13.9 Å². The number of para-hydroxylation sites is 2. The smallest absolute Gasteiger partial charge is 0.264 e. The number of ether oxygens (including phenoxy) is 1. The van der Waals surface area contributed by atoms with Gasteiger partial charge in [-0.15, -0.1) is 11.8 Å². The van der Waals surface area contributed by atoms with Gasteiger partial charge in [0.05, 0.1) is 17.2 Å². The number of hydrogen-bond donors (Lipinski definition) is 1. The molecular formula is C38H42ClN3O5S2. The maximum atomic E-state index is 14.8. The van der Waals surface area contributed by atoms with Gasteiger partial charge >= 0.3 is 0 Å². The first kappa shape index (κ1) is 36.3. The first-order valence-electron chi connectivity index (χ1n) is 16.5. The lowest BCUT2D eigenvalue weighted by Gasteiger charge is -2.34. The van der Waals surface area contributed by atoms with E-state index in [0.717, 1.165) is 40.4 Å². The number of carbonyl (C=O) groups excluding carboxylic acids is 2. The molecule has 1 aliphatic carbocycles. The van der Waals surface area contributed by atoms with Crippen LogP contribution in [-0.2, 0) is 32.6 Å². The fourth-order valence-corrected chi connectivity index (χ4v) is 8.13. The number of carbonyl (C=O) groups is 2. The minimum absolute atomic E-state index is 0.0214. The number of thioether (sulfide) groups is 1. The average Bonchev–Trinajstić information content (AvgIpc) is 3.62. The van der Waals surface area contributed by atoms with E-state index in [2.05, 4.69) is 5.32 Å². The van der Waals surface area contributed by atoms with Crippen molar-refractivity contribution in [1.29, 1.82) is 0 Å². The van der Waals surface area contributed by atoms with Crippen LogP contribution in [0.15, 0.2) is 113 Å². The molecule has 1 atom stereocenters. The van der Waals surface area contributed by atoms with Gasteiger partial charge < -0.3 is 15.0 Å². The summed E-state index contributed by atoms with van der Waals surface area (Å²) in [6, 6.07) is 29.1. The largest absolute Gasteiger partial charge is 0.492 e. The third kappa shape index (κ3) is 9.38. The van der Waals surface area contributed by atoms with Crippen molar-refractivity contribution in [2.75, 3.05) is 23.7 Å². The number of sulfonamides is 1. The summed E-state index contributed by atoms with van der Waals surface area (Å²) in [6.07, 6.45) is 5.97. The molecule has 4 aromatic carbocycles. The molecule has 0 heterocycles. The number of halogens is 1. The van der Waals surface area contributed by atoms with Gasteiger partial charge in [0.25, 0.3) is 10.0 Å². The van der Waals surface area contributed by atoms with Crippen LogP contribution < -0.4 is 14.4 Å². The molecule has 2 amide bonds. The summed E-state index contributed by atoms with van der Waals surface area (Å²) in [7, 11) is -4.28. The summed E-state index contributed by atoms with van der Waals surface area (Å²) in [6.45, 7) is 1.58. The monoisotopic (exact) mass is 719 g/mol. The SMILES string of the molecule is CCOc1ccccc1N(CC(=O)N(Cc1cccc(Cl)c1)C(Cc1ccccc1)C(=O)NC1CCCC1)S(=O)(=O)c1ccc(SC)cc1. The highest BCUT2D eigenvalue weighted by Crippen LogP contribution is 2.33. The Bertz CT molecular complexity index is 1820. The van der Waals surface area contributed by atoms with E-state index in [1.165, 1.54) is 16.7 Å². The average molecular weight is 720 g/mol. The molecule has 8 nitrogen and oxygen atoms in total. The Labute approximate surface area is 298 Å². The molecule has 5 rings (SSSR count). The normalized spacial score (nSPS) is 13.9. The first-order chi connectivity index (χ1) is 23.7. The second kappa shape index (κ2) is 17.1. The lowest BCUT2D eigenvalue weighted by Crippen LogP contribution is -2.54. The lowest BCUT2D eigenvalue weighted by molar-refractivity contribution is -0.140. The summed E-state index contributed by atoms with van der Waals surface area (Å²) in [5, 5.41) is 3.69. The molecular weight excluding hydrogens is 678 g/mol. The van der Waals surface area contributed by atoms with Crippen molar-refractivity contribution in [3.63, 3.8) is 0 Å². The van der Waals surface area contributed by atoms with Crippen LogP contribution in [0.1, 0.15) is 43.7 Å². The van der Waals surface area contributed by atoms with E-state index >= 15 is 0 Å². The van der Waals surface area contributed by atoms with Gasteiger partial charge in [0.15, 0.2) is 0 Å². The molecule has 4 aromatic rings. The zero-order valence-electron chi connectivity index (χ0n) is 27.8. The van der Waals surface area contributed by atoms with Crippen LogP contribution in [0.2, 0.25) is 5.02 Å². The third-order valence-corrected chi connectivity index (χ3v) is 11.3. The Morgan fingerprint density at radius 2 is 1.59 bits per heavy atom. The molecule has 1 aliphatic rings. The van der Waals surface area contributed by atoms with Gasteiger partial charge in [0.2, 0.25) is 11.8 Å². The van der Waals surface area contributed by atoms with Crippen LogP contribution in [0.5, 0.6) is 5.75 Å². The second-order valence-electron chi connectivity index (χ2n) is 11.9. The lowest BCUT2D eigenvalue weighted by atomic mass is 10.0. The van der Waals surface area contributed by atoms with Crippen molar-refractivity contribution in [3.05, 3.63) is 119 Å². The Morgan fingerprint density at radius 3 is 2.27 bits per heavy atom. The van der Waals surface area contributed by atoms with Gasteiger partial charge in [-0.2, -0.15) is 0 Å². The number of nitrogens with zero attached hydrogens (tertiary/aromatic N) is 2. The Balaban J connectivity index is 1.59. The molecule has 258 valence electrons.